The number of fused-ring (bicyclic) bond motifs is 2. The first kappa shape index (κ1) is 35.0. The Morgan fingerprint density at radius 2 is 1.58 bits per heavy atom. The molecular weight excluding hydrogens is 660 g/mol. The number of imidazole rings is 2. The number of rotatable bonds is 7. The summed E-state index contributed by atoms with van der Waals surface area (Å²) in [5.74, 6) is 1.24. The second-order valence-electron chi connectivity index (χ2n) is 15.0. The molecule has 5 heterocycles. The summed E-state index contributed by atoms with van der Waals surface area (Å²) in [6.45, 7) is 10.7. The third kappa shape index (κ3) is 7.04. The lowest BCUT2D eigenvalue weighted by Gasteiger charge is -2.29. The van der Waals surface area contributed by atoms with E-state index in [1.165, 1.54) is 7.11 Å². The highest BCUT2D eigenvalue weighted by Gasteiger charge is 2.38. The van der Waals surface area contributed by atoms with Crippen LogP contribution in [0.15, 0.2) is 54.7 Å². The minimum Gasteiger partial charge on any atom is -0.453 e. The molecule has 2 aromatic carbocycles. The number of hydrogen-bond acceptors (Lipinski definition) is 8. The third-order valence-corrected chi connectivity index (χ3v) is 9.83. The largest absolute Gasteiger partial charge is 0.453 e. The number of benzene rings is 2. The molecule has 3 amide bonds. The van der Waals surface area contributed by atoms with E-state index in [4.69, 9.17) is 19.4 Å². The van der Waals surface area contributed by atoms with Crippen LogP contribution in [0.5, 0.6) is 0 Å². The number of hydrogen-bond donors (Lipinski definition) is 3. The van der Waals surface area contributed by atoms with Gasteiger partial charge in [0, 0.05) is 29.6 Å². The Kier molecular flexibility index (Phi) is 9.36. The highest BCUT2D eigenvalue weighted by molar-refractivity contribution is 5.88. The lowest BCUT2D eigenvalue weighted by Crippen LogP contribution is -2.51. The topological polar surface area (TPSA) is 158 Å². The van der Waals surface area contributed by atoms with E-state index in [2.05, 4.69) is 32.4 Å². The van der Waals surface area contributed by atoms with Gasteiger partial charge in [-0.05, 0) is 82.7 Å². The molecule has 272 valence electrons. The van der Waals surface area contributed by atoms with Crippen molar-refractivity contribution in [1.29, 1.82) is 0 Å². The molecule has 2 aliphatic rings. The van der Waals surface area contributed by atoms with Crippen molar-refractivity contribution < 1.29 is 23.9 Å². The van der Waals surface area contributed by atoms with Crippen LogP contribution in [0.1, 0.15) is 84.0 Å². The summed E-state index contributed by atoms with van der Waals surface area (Å²) >= 11 is 0. The molecule has 13 heteroatoms. The van der Waals surface area contributed by atoms with Gasteiger partial charge in [-0.1, -0.05) is 32.0 Å². The van der Waals surface area contributed by atoms with E-state index in [-0.39, 0.29) is 30.0 Å². The Morgan fingerprint density at radius 3 is 2.31 bits per heavy atom. The maximum Gasteiger partial charge on any atom is 0.410 e. The second kappa shape index (κ2) is 13.9. The standard InChI is InChI=1S/C39H46N8O5/c1-22(2)33(45-37(49)51-6)36(48)46-17-7-10-32(46)35-42-28-16-13-25(20-29(28)43-35)27-14-11-23-19-24(12-15-26(23)41-27)30-21-40-34(44-30)31-9-8-18-47(31)38(50)52-39(3,4)5/h11-16,19-22,31-33H,7-10,17-18H2,1-6H3,(H,40,44)(H,42,43)(H,45,49)/t31-,32-,33-/m0/s1. The van der Waals surface area contributed by atoms with Gasteiger partial charge in [-0.15, -0.1) is 0 Å². The van der Waals surface area contributed by atoms with E-state index in [1.807, 2.05) is 82.1 Å². The lowest BCUT2D eigenvalue weighted by atomic mass is 10.0. The molecule has 0 spiro atoms. The highest BCUT2D eigenvalue weighted by atomic mass is 16.6. The zero-order valence-corrected chi connectivity index (χ0v) is 30.5. The number of aromatic nitrogens is 5. The lowest BCUT2D eigenvalue weighted by molar-refractivity contribution is -0.135. The van der Waals surface area contributed by atoms with Crippen LogP contribution in [0.3, 0.4) is 0 Å². The average molecular weight is 707 g/mol. The van der Waals surface area contributed by atoms with Gasteiger partial charge in [-0.25, -0.2) is 24.5 Å². The van der Waals surface area contributed by atoms with Gasteiger partial charge in [0.05, 0.1) is 53.3 Å². The fourth-order valence-electron chi connectivity index (χ4n) is 7.24. The van der Waals surface area contributed by atoms with Crippen molar-refractivity contribution in [2.24, 2.45) is 5.92 Å². The van der Waals surface area contributed by atoms with Crippen LogP contribution in [0.4, 0.5) is 9.59 Å². The van der Waals surface area contributed by atoms with E-state index in [1.54, 1.807) is 4.90 Å². The first-order chi connectivity index (χ1) is 24.9. The Labute approximate surface area is 302 Å². The predicted octanol–water partition coefficient (Wildman–Crippen LogP) is 7.28. The molecule has 2 saturated heterocycles. The van der Waals surface area contributed by atoms with Crippen molar-refractivity contribution in [2.75, 3.05) is 20.2 Å². The van der Waals surface area contributed by atoms with Crippen LogP contribution >= 0.6 is 0 Å². The molecule has 2 aliphatic heterocycles. The number of aromatic amines is 2. The van der Waals surface area contributed by atoms with Crippen molar-refractivity contribution in [1.82, 2.24) is 40.0 Å². The first-order valence-corrected chi connectivity index (χ1v) is 18.0. The van der Waals surface area contributed by atoms with Crippen LogP contribution in [0.25, 0.3) is 44.5 Å². The number of nitrogens with one attached hydrogen (secondary N) is 3. The second-order valence-corrected chi connectivity index (χ2v) is 15.0. The molecular formula is C39H46N8O5. The van der Waals surface area contributed by atoms with Gasteiger partial charge in [0.15, 0.2) is 0 Å². The molecule has 0 bridgehead atoms. The summed E-state index contributed by atoms with van der Waals surface area (Å²) in [5, 5.41) is 3.69. The molecule has 5 aromatic rings. The fourth-order valence-corrected chi connectivity index (χ4v) is 7.24. The minimum absolute atomic E-state index is 0.106. The number of nitrogens with zero attached hydrogens (tertiary/aromatic N) is 5. The Balaban J connectivity index is 1.08. The van der Waals surface area contributed by atoms with Crippen molar-refractivity contribution >= 4 is 40.0 Å². The molecule has 0 aliphatic carbocycles. The number of alkyl carbamates (subject to hydrolysis) is 1. The molecule has 3 aromatic heterocycles. The zero-order valence-electron chi connectivity index (χ0n) is 30.5. The van der Waals surface area contributed by atoms with Crippen molar-refractivity contribution in [2.45, 2.75) is 84.0 Å². The molecule has 0 radical (unpaired) electrons. The zero-order chi connectivity index (χ0) is 36.7. The van der Waals surface area contributed by atoms with Gasteiger partial charge in [-0.3, -0.25) is 9.69 Å². The maximum atomic E-state index is 13.6. The van der Waals surface area contributed by atoms with Crippen LogP contribution in [0.2, 0.25) is 0 Å². The van der Waals surface area contributed by atoms with Crippen LogP contribution < -0.4 is 5.32 Å². The van der Waals surface area contributed by atoms with Gasteiger partial charge >= 0.3 is 12.2 Å². The molecule has 2 fully saturated rings. The van der Waals surface area contributed by atoms with Crippen LogP contribution in [0, 0.1) is 5.92 Å². The summed E-state index contributed by atoms with van der Waals surface area (Å²) in [6.07, 6.45) is 4.24. The van der Waals surface area contributed by atoms with Gasteiger partial charge in [0.2, 0.25) is 5.91 Å². The molecule has 0 saturated carbocycles. The van der Waals surface area contributed by atoms with Crippen molar-refractivity contribution in [3.63, 3.8) is 0 Å². The summed E-state index contributed by atoms with van der Waals surface area (Å²) in [5.41, 5.74) is 5.60. The fraction of sp³-hybridized carbons (Fsp3) is 0.436. The Morgan fingerprint density at radius 1 is 0.865 bits per heavy atom. The number of likely N-dealkylation sites (tertiary alicyclic amines) is 2. The molecule has 7 rings (SSSR count). The monoisotopic (exact) mass is 706 g/mol. The van der Waals surface area contributed by atoms with Crippen molar-refractivity contribution in [3.05, 3.63) is 66.4 Å². The Bertz CT molecular complexity index is 2130. The van der Waals surface area contributed by atoms with Crippen LogP contribution in [-0.4, -0.2) is 84.7 Å². The number of ether oxygens (including phenoxy) is 2. The number of methoxy groups -OCH3 is 1. The first-order valence-electron chi connectivity index (χ1n) is 18.0. The van der Waals surface area contributed by atoms with E-state index in [9.17, 15) is 14.4 Å². The molecule has 52 heavy (non-hydrogen) atoms. The molecule has 13 nitrogen and oxygen atoms in total. The number of H-pyrrole nitrogens is 2. The highest BCUT2D eigenvalue weighted by Crippen LogP contribution is 2.35. The van der Waals surface area contributed by atoms with E-state index in [0.29, 0.717) is 13.1 Å². The summed E-state index contributed by atoms with van der Waals surface area (Å²) < 4.78 is 10.4. The molecule has 3 atom stereocenters. The van der Waals surface area contributed by atoms with Gasteiger partial charge < -0.3 is 29.7 Å². The third-order valence-electron chi connectivity index (χ3n) is 9.83. The summed E-state index contributed by atoms with van der Waals surface area (Å²) in [4.78, 5) is 63.4. The minimum atomic E-state index is -0.690. The maximum absolute atomic E-state index is 13.6. The quantitative estimate of drug-likeness (QED) is 0.159. The van der Waals surface area contributed by atoms with E-state index < -0.39 is 17.7 Å². The Hall–Kier alpha value is -5.46. The number of carbonyl (C=O) groups is 3. The summed E-state index contributed by atoms with van der Waals surface area (Å²) in [7, 11) is 1.29. The number of amides is 3. The van der Waals surface area contributed by atoms with Gasteiger partial charge in [-0.2, -0.15) is 0 Å². The van der Waals surface area contributed by atoms with E-state index in [0.717, 1.165) is 81.8 Å². The van der Waals surface area contributed by atoms with Crippen LogP contribution in [-0.2, 0) is 14.3 Å². The number of carbonyl (C=O) groups excluding carboxylic acids is 3. The number of pyridine rings is 1. The smallest absolute Gasteiger partial charge is 0.410 e. The average Bonchev–Trinajstić information content (AvgIpc) is 3.94. The van der Waals surface area contributed by atoms with Gasteiger partial charge in [0.25, 0.3) is 0 Å². The molecule has 0 unspecified atom stereocenters. The normalized spacial score (nSPS) is 18.4. The molecule has 3 N–H and O–H groups in total. The van der Waals surface area contributed by atoms with Gasteiger partial charge in [0.1, 0.15) is 23.3 Å². The van der Waals surface area contributed by atoms with E-state index >= 15 is 0 Å². The summed E-state index contributed by atoms with van der Waals surface area (Å²) in [6, 6.07) is 15.2. The van der Waals surface area contributed by atoms with Crippen molar-refractivity contribution in [3.8, 4) is 22.5 Å². The SMILES string of the molecule is COC(=O)N[C@H](C(=O)N1CCC[C@H]1c1nc2ccc(-c3ccc4cc(-c5cnc([C@@H]6CCCN6C(=O)OC(C)(C)C)[nH]5)ccc4n3)cc2[nH]1)C(C)C. The predicted molar refractivity (Wildman–Crippen MR) is 197 cm³/mol.